The largest absolute Gasteiger partial charge is 0.416 e. The molecule has 2 heteroatoms. The maximum Gasteiger partial charge on any atom is 0.107 e. The second kappa shape index (κ2) is 3.51. The maximum absolute atomic E-state index is 4.92. The molecular formula is C7H15NO. The van der Waals surface area contributed by atoms with E-state index in [0.29, 0.717) is 0 Å². The van der Waals surface area contributed by atoms with Crippen LogP contribution in [0.3, 0.4) is 0 Å². The van der Waals surface area contributed by atoms with Gasteiger partial charge in [-0.3, -0.25) is 0 Å². The van der Waals surface area contributed by atoms with Crippen molar-refractivity contribution in [1.29, 1.82) is 0 Å². The Morgan fingerprint density at radius 2 is 1.89 bits per heavy atom. The van der Waals surface area contributed by atoms with Crippen molar-refractivity contribution in [3.8, 4) is 0 Å². The van der Waals surface area contributed by atoms with Crippen LogP contribution in [-0.2, 0) is 4.84 Å². The van der Waals surface area contributed by atoms with Gasteiger partial charge in [-0.05, 0) is 27.7 Å². The van der Waals surface area contributed by atoms with Gasteiger partial charge in [-0.2, -0.15) is 5.48 Å². The summed E-state index contributed by atoms with van der Waals surface area (Å²) < 4.78 is 0. The molecule has 0 saturated carbocycles. The molecule has 0 heterocycles. The van der Waals surface area contributed by atoms with E-state index >= 15 is 0 Å². The fourth-order valence-electron chi connectivity index (χ4n) is 0.279. The summed E-state index contributed by atoms with van der Waals surface area (Å²) in [7, 11) is 0. The molecule has 0 aliphatic heterocycles. The zero-order valence-corrected chi connectivity index (χ0v) is 6.56. The average Bonchev–Trinajstić information content (AvgIpc) is 1.63. The molecule has 0 unspecified atom stereocenters. The Morgan fingerprint density at radius 1 is 1.33 bits per heavy atom. The topological polar surface area (TPSA) is 21.3 Å². The molecule has 9 heavy (non-hydrogen) atoms. The third kappa shape index (κ3) is 7.50. The average molecular weight is 129 g/mol. The van der Waals surface area contributed by atoms with E-state index < -0.39 is 0 Å². The van der Waals surface area contributed by atoms with Gasteiger partial charge in [0.1, 0.15) is 6.26 Å². The van der Waals surface area contributed by atoms with Gasteiger partial charge in [0.05, 0.1) is 0 Å². The summed E-state index contributed by atoms with van der Waals surface area (Å²) in [6.45, 7) is 8.02. The monoisotopic (exact) mass is 129 g/mol. The number of allylic oxidation sites excluding steroid dienone is 1. The molecule has 1 N–H and O–H groups in total. The van der Waals surface area contributed by atoms with Crippen LogP contribution >= 0.6 is 0 Å². The molecule has 0 fully saturated rings. The lowest BCUT2D eigenvalue weighted by Crippen LogP contribution is -2.34. The highest BCUT2D eigenvalue weighted by atomic mass is 16.6. The van der Waals surface area contributed by atoms with Crippen molar-refractivity contribution in [2.24, 2.45) is 0 Å². The Morgan fingerprint density at radius 3 is 2.22 bits per heavy atom. The lowest BCUT2D eigenvalue weighted by molar-refractivity contribution is 0.0692. The van der Waals surface area contributed by atoms with Crippen LogP contribution < -0.4 is 5.48 Å². The predicted molar refractivity (Wildman–Crippen MR) is 38.8 cm³/mol. The van der Waals surface area contributed by atoms with Crippen LogP contribution in [0.2, 0.25) is 0 Å². The maximum atomic E-state index is 4.92. The smallest absolute Gasteiger partial charge is 0.107 e. The number of nitrogens with one attached hydrogen (secondary N) is 1. The molecule has 0 saturated heterocycles. The van der Waals surface area contributed by atoms with E-state index in [-0.39, 0.29) is 5.54 Å². The van der Waals surface area contributed by atoms with Gasteiger partial charge in [0.15, 0.2) is 0 Å². The molecule has 0 aliphatic carbocycles. The summed E-state index contributed by atoms with van der Waals surface area (Å²) in [6.07, 6.45) is 3.45. The number of rotatable bonds is 2. The fourth-order valence-corrected chi connectivity index (χ4v) is 0.279. The molecule has 0 aromatic carbocycles. The summed E-state index contributed by atoms with van der Waals surface area (Å²) in [5.74, 6) is 0. The molecule has 0 bridgehead atoms. The third-order valence-corrected chi connectivity index (χ3v) is 0.569. The summed E-state index contributed by atoms with van der Waals surface area (Å²) in [6, 6.07) is 0. The van der Waals surface area contributed by atoms with Gasteiger partial charge in [0.25, 0.3) is 0 Å². The summed E-state index contributed by atoms with van der Waals surface area (Å²) in [5, 5.41) is 0. The Hall–Kier alpha value is -0.500. The minimum absolute atomic E-state index is 0.0273. The van der Waals surface area contributed by atoms with Crippen molar-refractivity contribution in [2.45, 2.75) is 33.2 Å². The molecule has 0 atom stereocenters. The lowest BCUT2D eigenvalue weighted by atomic mass is 10.1. The third-order valence-electron chi connectivity index (χ3n) is 0.569. The van der Waals surface area contributed by atoms with E-state index in [1.807, 2.05) is 33.8 Å². The van der Waals surface area contributed by atoms with Crippen LogP contribution in [0.1, 0.15) is 27.7 Å². The minimum atomic E-state index is 0.0273. The number of hydroxylamine groups is 1. The van der Waals surface area contributed by atoms with Gasteiger partial charge < -0.3 is 4.84 Å². The van der Waals surface area contributed by atoms with E-state index in [1.165, 1.54) is 0 Å². The Kier molecular flexibility index (Phi) is 3.32. The number of hydrogen-bond donors (Lipinski definition) is 1. The molecule has 54 valence electrons. The predicted octanol–water partition coefficient (Wildman–Crippen LogP) is 1.84. The van der Waals surface area contributed by atoms with Crippen LogP contribution in [0.5, 0.6) is 0 Å². The van der Waals surface area contributed by atoms with E-state index in [1.54, 1.807) is 6.26 Å². The molecule has 0 spiro atoms. The van der Waals surface area contributed by atoms with Crippen molar-refractivity contribution in [1.82, 2.24) is 5.48 Å². The summed E-state index contributed by atoms with van der Waals surface area (Å²) in [5.41, 5.74) is 2.86. The summed E-state index contributed by atoms with van der Waals surface area (Å²) >= 11 is 0. The lowest BCUT2D eigenvalue weighted by Gasteiger charge is -2.18. The Labute approximate surface area is 56.9 Å². The van der Waals surface area contributed by atoms with Gasteiger partial charge in [0, 0.05) is 5.54 Å². The van der Waals surface area contributed by atoms with E-state index in [2.05, 4.69) is 5.48 Å². The highest BCUT2D eigenvalue weighted by molar-refractivity contribution is 4.68. The molecular weight excluding hydrogens is 114 g/mol. The summed E-state index contributed by atoms with van der Waals surface area (Å²) in [4.78, 5) is 4.92. The standard InChI is InChI=1S/C7H15NO/c1-5-6-9-8-7(2,3)4/h5-6,8H,1-4H3/b6-5-. The zero-order valence-electron chi connectivity index (χ0n) is 6.56. The van der Waals surface area contributed by atoms with Crippen LogP contribution in [-0.4, -0.2) is 5.54 Å². The van der Waals surface area contributed by atoms with Gasteiger partial charge in [-0.1, -0.05) is 6.08 Å². The molecule has 0 radical (unpaired) electrons. The molecule has 0 amide bonds. The van der Waals surface area contributed by atoms with E-state index in [4.69, 9.17) is 4.84 Å². The van der Waals surface area contributed by atoms with Crippen LogP contribution in [0.15, 0.2) is 12.3 Å². The van der Waals surface area contributed by atoms with Crippen LogP contribution in [0, 0.1) is 0 Å². The highest BCUT2D eigenvalue weighted by Crippen LogP contribution is 1.97. The van der Waals surface area contributed by atoms with Crippen molar-refractivity contribution in [2.75, 3.05) is 0 Å². The second-order valence-electron chi connectivity index (χ2n) is 2.94. The van der Waals surface area contributed by atoms with Gasteiger partial charge in [0.2, 0.25) is 0 Å². The van der Waals surface area contributed by atoms with Crippen LogP contribution in [0.25, 0.3) is 0 Å². The first-order valence-electron chi connectivity index (χ1n) is 3.10. The highest BCUT2D eigenvalue weighted by Gasteiger charge is 2.07. The van der Waals surface area contributed by atoms with Gasteiger partial charge in [-0.25, -0.2) is 0 Å². The van der Waals surface area contributed by atoms with Crippen molar-refractivity contribution >= 4 is 0 Å². The first-order valence-corrected chi connectivity index (χ1v) is 3.10. The minimum Gasteiger partial charge on any atom is -0.416 e. The van der Waals surface area contributed by atoms with Gasteiger partial charge in [-0.15, -0.1) is 0 Å². The molecule has 2 nitrogen and oxygen atoms in total. The Balaban J connectivity index is 3.28. The normalized spacial score (nSPS) is 12.4. The molecule has 0 aliphatic rings. The SMILES string of the molecule is C/C=C\ONC(C)(C)C. The molecule has 0 rings (SSSR count). The number of hydrogen-bond acceptors (Lipinski definition) is 2. The van der Waals surface area contributed by atoms with Crippen molar-refractivity contribution < 1.29 is 4.84 Å². The van der Waals surface area contributed by atoms with Gasteiger partial charge >= 0.3 is 0 Å². The fraction of sp³-hybridized carbons (Fsp3) is 0.714. The second-order valence-corrected chi connectivity index (χ2v) is 2.94. The quantitative estimate of drug-likeness (QED) is 0.453. The van der Waals surface area contributed by atoms with Crippen molar-refractivity contribution in [3.63, 3.8) is 0 Å². The molecule has 0 aromatic rings. The van der Waals surface area contributed by atoms with Crippen molar-refractivity contribution in [3.05, 3.63) is 12.3 Å². The zero-order chi connectivity index (χ0) is 7.33. The first kappa shape index (κ1) is 8.50. The Bertz CT molecular complexity index is 91.6. The van der Waals surface area contributed by atoms with E-state index in [9.17, 15) is 0 Å². The van der Waals surface area contributed by atoms with E-state index in [0.717, 1.165) is 0 Å². The first-order chi connectivity index (χ1) is 4.06. The molecule has 0 aromatic heterocycles. The van der Waals surface area contributed by atoms with Crippen LogP contribution in [0.4, 0.5) is 0 Å².